The third-order valence-electron chi connectivity index (χ3n) is 1.91. The number of aliphatic hydroxyl groups excluding tert-OH is 1. The molecule has 0 radical (unpaired) electrons. The summed E-state index contributed by atoms with van der Waals surface area (Å²) in [5.74, 6) is 0. The molecule has 1 rings (SSSR count). The van der Waals surface area contributed by atoms with E-state index in [9.17, 15) is 15.2 Å². The quantitative estimate of drug-likeness (QED) is 0.554. The molecule has 0 unspecified atom stereocenters. The number of hydrogen-bond donors (Lipinski definition) is 2. The second kappa shape index (κ2) is 4.69. The third-order valence-corrected chi connectivity index (χ3v) is 1.91. The van der Waals surface area contributed by atoms with Gasteiger partial charge in [-0.2, -0.15) is 0 Å². The Balaban J connectivity index is 2.87. The molecule has 1 aromatic carbocycles. The van der Waals surface area contributed by atoms with Crippen LogP contribution in [-0.4, -0.2) is 16.6 Å². The second-order valence-electron chi connectivity index (χ2n) is 2.95. The number of aliphatic hydroxyl groups is 1. The van der Waals surface area contributed by atoms with Crippen LogP contribution in [0.3, 0.4) is 0 Å². The van der Waals surface area contributed by atoms with Crippen LogP contribution in [0, 0.1) is 10.1 Å². The van der Waals surface area contributed by atoms with Gasteiger partial charge in [-0.1, -0.05) is 12.1 Å². The number of non-ortho nitro benzene ring substituents is 1. The van der Waals surface area contributed by atoms with E-state index in [0.717, 1.165) is 0 Å². The molecule has 0 saturated heterocycles. The largest absolute Gasteiger partial charge is 0.388 e. The summed E-state index contributed by atoms with van der Waals surface area (Å²) in [5.41, 5.74) is 5.79. The first kappa shape index (κ1) is 10.6. The highest BCUT2D eigenvalue weighted by Crippen LogP contribution is 2.20. The summed E-state index contributed by atoms with van der Waals surface area (Å²) in [7, 11) is 0. The summed E-state index contributed by atoms with van der Waals surface area (Å²) in [5, 5.41) is 20.0. The smallest absolute Gasteiger partial charge is 0.269 e. The molecule has 1 atom stereocenters. The number of nitro groups is 1. The summed E-state index contributed by atoms with van der Waals surface area (Å²) in [6.07, 6.45) is -0.318. The molecule has 5 heteroatoms. The molecule has 0 aliphatic heterocycles. The standard InChI is InChI=1S/C9H12N2O3/c10-5-4-9(12)7-2-1-3-8(6-7)11(13)14/h1-3,6,9,12H,4-5,10H2/t9-/m1/s1. The van der Waals surface area contributed by atoms with Crippen molar-refractivity contribution in [2.45, 2.75) is 12.5 Å². The van der Waals surface area contributed by atoms with Crippen LogP contribution in [0.15, 0.2) is 24.3 Å². The first-order valence-corrected chi connectivity index (χ1v) is 4.27. The van der Waals surface area contributed by atoms with Crippen LogP contribution in [0.2, 0.25) is 0 Å². The van der Waals surface area contributed by atoms with Gasteiger partial charge < -0.3 is 10.8 Å². The van der Waals surface area contributed by atoms with Crippen molar-refractivity contribution < 1.29 is 10.0 Å². The molecular formula is C9H12N2O3. The minimum absolute atomic E-state index is 0.0152. The molecule has 0 amide bonds. The molecule has 0 bridgehead atoms. The fraction of sp³-hybridized carbons (Fsp3) is 0.333. The lowest BCUT2D eigenvalue weighted by Crippen LogP contribution is -2.06. The van der Waals surface area contributed by atoms with Crippen molar-refractivity contribution in [3.63, 3.8) is 0 Å². The number of nitro benzene ring substituents is 1. The molecule has 0 spiro atoms. The number of hydrogen-bond acceptors (Lipinski definition) is 4. The van der Waals surface area contributed by atoms with Crippen LogP contribution >= 0.6 is 0 Å². The minimum atomic E-state index is -0.722. The Morgan fingerprint density at radius 3 is 2.86 bits per heavy atom. The number of nitrogens with two attached hydrogens (primary N) is 1. The van der Waals surface area contributed by atoms with E-state index in [1.165, 1.54) is 12.1 Å². The molecule has 1 aromatic rings. The monoisotopic (exact) mass is 196 g/mol. The van der Waals surface area contributed by atoms with Crippen LogP contribution in [0.1, 0.15) is 18.1 Å². The molecule has 3 N–H and O–H groups in total. The number of nitrogens with zero attached hydrogens (tertiary/aromatic N) is 1. The Morgan fingerprint density at radius 2 is 2.29 bits per heavy atom. The maximum Gasteiger partial charge on any atom is 0.269 e. The predicted octanol–water partition coefficient (Wildman–Crippen LogP) is 0.977. The lowest BCUT2D eigenvalue weighted by molar-refractivity contribution is -0.385. The van der Waals surface area contributed by atoms with Crippen molar-refractivity contribution in [2.24, 2.45) is 5.73 Å². The van der Waals surface area contributed by atoms with E-state index in [0.29, 0.717) is 18.5 Å². The van der Waals surface area contributed by atoms with Gasteiger partial charge in [0, 0.05) is 12.1 Å². The van der Waals surface area contributed by atoms with Crippen LogP contribution in [0.25, 0.3) is 0 Å². The molecular weight excluding hydrogens is 184 g/mol. The third kappa shape index (κ3) is 2.51. The Hall–Kier alpha value is -1.46. The zero-order valence-electron chi connectivity index (χ0n) is 7.59. The first-order chi connectivity index (χ1) is 6.65. The van der Waals surface area contributed by atoms with Crippen molar-refractivity contribution in [3.8, 4) is 0 Å². The Kier molecular flexibility index (Phi) is 3.55. The first-order valence-electron chi connectivity index (χ1n) is 4.27. The van der Waals surface area contributed by atoms with Crippen LogP contribution in [-0.2, 0) is 0 Å². The molecule has 0 aliphatic rings. The van der Waals surface area contributed by atoms with Gasteiger partial charge in [-0.3, -0.25) is 10.1 Å². The van der Waals surface area contributed by atoms with Gasteiger partial charge in [-0.05, 0) is 18.5 Å². The summed E-state index contributed by atoms with van der Waals surface area (Å²) in [6.45, 7) is 0.351. The highest BCUT2D eigenvalue weighted by molar-refractivity contribution is 5.35. The number of rotatable bonds is 4. The van der Waals surface area contributed by atoms with E-state index >= 15 is 0 Å². The lowest BCUT2D eigenvalue weighted by atomic mass is 10.1. The lowest BCUT2D eigenvalue weighted by Gasteiger charge is -2.08. The van der Waals surface area contributed by atoms with E-state index in [4.69, 9.17) is 5.73 Å². The van der Waals surface area contributed by atoms with Crippen LogP contribution < -0.4 is 5.73 Å². The van der Waals surface area contributed by atoms with E-state index in [1.54, 1.807) is 12.1 Å². The summed E-state index contributed by atoms with van der Waals surface area (Å²) < 4.78 is 0. The fourth-order valence-electron chi connectivity index (χ4n) is 1.17. The average Bonchev–Trinajstić information content (AvgIpc) is 2.18. The molecule has 0 saturated carbocycles. The maximum atomic E-state index is 10.4. The van der Waals surface area contributed by atoms with Crippen molar-refractivity contribution in [2.75, 3.05) is 6.54 Å². The average molecular weight is 196 g/mol. The van der Waals surface area contributed by atoms with Crippen molar-refractivity contribution in [3.05, 3.63) is 39.9 Å². The molecule has 0 fully saturated rings. The Morgan fingerprint density at radius 1 is 1.57 bits per heavy atom. The Labute approximate surface area is 81.3 Å². The normalized spacial score (nSPS) is 12.4. The van der Waals surface area contributed by atoms with Crippen LogP contribution in [0.4, 0.5) is 5.69 Å². The summed E-state index contributed by atoms with van der Waals surface area (Å²) in [6, 6.07) is 5.94. The second-order valence-corrected chi connectivity index (χ2v) is 2.95. The van der Waals surface area contributed by atoms with Crippen LogP contribution in [0.5, 0.6) is 0 Å². The predicted molar refractivity (Wildman–Crippen MR) is 51.7 cm³/mol. The SMILES string of the molecule is NCC[C@@H](O)c1cccc([N+](=O)[O-])c1. The molecule has 0 aliphatic carbocycles. The molecule has 76 valence electrons. The molecule has 5 nitrogen and oxygen atoms in total. The highest BCUT2D eigenvalue weighted by atomic mass is 16.6. The fourth-order valence-corrected chi connectivity index (χ4v) is 1.17. The Bertz CT molecular complexity index is 328. The number of benzene rings is 1. The zero-order chi connectivity index (χ0) is 10.6. The minimum Gasteiger partial charge on any atom is -0.388 e. The van der Waals surface area contributed by atoms with Gasteiger partial charge in [0.05, 0.1) is 11.0 Å². The molecule has 0 aromatic heterocycles. The van der Waals surface area contributed by atoms with Crippen molar-refractivity contribution in [1.29, 1.82) is 0 Å². The highest BCUT2D eigenvalue weighted by Gasteiger charge is 2.11. The molecule has 14 heavy (non-hydrogen) atoms. The van der Waals surface area contributed by atoms with Gasteiger partial charge in [0.25, 0.3) is 5.69 Å². The van der Waals surface area contributed by atoms with E-state index in [-0.39, 0.29) is 5.69 Å². The van der Waals surface area contributed by atoms with Gasteiger partial charge >= 0.3 is 0 Å². The zero-order valence-corrected chi connectivity index (χ0v) is 7.59. The summed E-state index contributed by atoms with van der Waals surface area (Å²) in [4.78, 5) is 9.95. The van der Waals surface area contributed by atoms with Gasteiger partial charge in [0.1, 0.15) is 0 Å². The van der Waals surface area contributed by atoms with Gasteiger partial charge in [0.15, 0.2) is 0 Å². The van der Waals surface area contributed by atoms with E-state index < -0.39 is 11.0 Å². The van der Waals surface area contributed by atoms with Gasteiger partial charge in [-0.25, -0.2) is 0 Å². The topological polar surface area (TPSA) is 89.4 Å². The summed E-state index contributed by atoms with van der Waals surface area (Å²) >= 11 is 0. The van der Waals surface area contributed by atoms with E-state index in [1.807, 2.05) is 0 Å². The van der Waals surface area contributed by atoms with Crippen molar-refractivity contribution >= 4 is 5.69 Å². The van der Waals surface area contributed by atoms with E-state index in [2.05, 4.69) is 0 Å². The van der Waals surface area contributed by atoms with Gasteiger partial charge in [0.2, 0.25) is 0 Å². The molecule has 0 heterocycles. The van der Waals surface area contributed by atoms with Crippen molar-refractivity contribution in [1.82, 2.24) is 0 Å². The van der Waals surface area contributed by atoms with Gasteiger partial charge in [-0.15, -0.1) is 0 Å². The maximum absolute atomic E-state index is 10.4.